The lowest BCUT2D eigenvalue weighted by Crippen LogP contribution is -2.35. The summed E-state index contributed by atoms with van der Waals surface area (Å²) < 4.78 is 17.6. The van der Waals surface area contributed by atoms with Gasteiger partial charge in [0.1, 0.15) is 23.1 Å². The number of carboxylic acids is 1. The maximum Gasteiger partial charge on any atom is 0.320 e. The van der Waals surface area contributed by atoms with Gasteiger partial charge in [0.05, 0.1) is 29.7 Å². The smallest absolute Gasteiger partial charge is 0.320 e. The van der Waals surface area contributed by atoms with Crippen LogP contribution in [0.25, 0.3) is 22.1 Å². The molecule has 2 aliphatic heterocycles. The monoisotopic (exact) mass is 451 g/mol. The molecule has 2 N–H and O–H groups in total. The fourth-order valence-electron chi connectivity index (χ4n) is 4.72. The summed E-state index contributed by atoms with van der Waals surface area (Å²) in [6.07, 6.45) is 2.10. The van der Waals surface area contributed by atoms with Crippen molar-refractivity contribution in [1.29, 1.82) is 0 Å². The van der Waals surface area contributed by atoms with Crippen molar-refractivity contribution in [3.8, 4) is 28.4 Å². The second kappa shape index (κ2) is 8.44. The largest absolute Gasteiger partial charge is 0.507 e. The number of benzene rings is 2. The number of aryl methyl sites for hydroxylation is 1. The Morgan fingerprint density at radius 1 is 1.12 bits per heavy atom. The van der Waals surface area contributed by atoms with Crippen molar-refractivity contribution < 1.29 is 28.9 Å². The van der Waals surface area contributed by atoms with Gasteiger partial charge in [-0.15, -0.1) is 0 Å². The Balaban J connectivity index is 1.60. The highest BCUT2D eigenvalue weighted by Gasteiger charge is 2.32. The van der Waals surface area contributed by atoms with Gasteiger partial charge in [-0.1, -0.05) is 6.07 Å². The van der Waals surface area contributed by atoms with Crippen LogP contribution in [0.3, 0.4) is 0 Å². The number of nitrogens with zero attached hydrogens (tertiary/aromatic N) is 1. The predicted molar refractivity (Wildman–Crippen MR) is 121 cm³/mol. The van der Waals surface area contributed by atoms with Crippen LogP contribution in [0.15, 0.2) is 39.5 Å². The number of aromatic hydroxyl groups is 1. The molecule has 2 aromatic carbocycles. The molecule has 3 heterocycles. The van der Waals surface area contributed by atoms with Gasteiger partial charge < -0.3 is 24.1 Å². The summed E-state index contributed by atoms with van der Waals surface area (Å²) in [5.41, 5.74) is 1.56. The van der Waals surface area contributed by atoms with Crippen LogP contribution >= 0.6 is 0 Å². The highest BCUT2D eigenvalue weighted by Crippen LogP contribution is 2.36. The van der Waals surface area contributed by atoms with Crippen molar-refractivity contribution in [2.24, 2.45) is 0 Å². The fraction of sp³-hybridized carbons (Fsp3) is 0.360. The van der Waals surface area contributed by atoms with Gasteiger partial charge >= 0.3 is 5.97 Å². The van der Waals surface area contributed by atoms with Crippen molar-refractivity contribution in [1.82, 2.24) is 4.90 Å². The third-order valence-electron chi connectivity index (χ3n) is 6.36. The van der Waals surface area contributed by atoms with Gasteiger partial charge in [0.25, 0.3) is 0 Å². The minimum atomic E-state index is -0.887. The molecule has 3 aromatic rings. The number of rotatable bonds is 4. The number of hydrogen-bond acceptors (Lipinski definition) is 7. The lowest BCUT2D eigenvalue weighted by atomic mass is 10.00. The molecule has 0 bridgehead atoms. The van der Waals surface area contributed by atoms with Crippen LogP contribution < -0.4 is 14.9 Å². The summed E-state index contributed by atoms with van der Waals surface area (Å²) in [4.78, 5) is 26.9. The molecule has 172 valence electrons. The Morgan fingerprint density at radius 3 is 2.70 bits per heavy atom. The van der Waals surface area contributed by atoms with Crippen molar-refractivity contribution in [2.75, 3.05) is 19.8 Å². The molecule has 1 atom stereocenters. The number of hydrogen-bond donors (Lipinski definition) is 2. The summed E-state index contributed by atoms with van der Waals surface area (Å²) in [7, 11) is 0. The highest BCUT2D eigenvalue weighted by molar-refractivity contribution is 5.87. The summed E-state index contributed by atoms with van der Waals surface area (Å²) in [6.45, 7) is 3.62. The molecule has 2 aliphatic rings. The van der Waals surface area contributed by atoms with Gasteiger partial charge in [-0.25, -0.2) is 0 Å². The summed E-state index contributed by atoms with van der Waals surface area (Å²) in [5.74, 6) is 0.727. The quantitative estimate of drug-likeness (QED) is 0.618. The number of phenolic OH excluding ortho intramolecular Hbond substituents is 1. The zero-order valence-electron chi connectivity index (χ0n) is 18.3. The first-order valence-electron chi connectivity index (χ1n) is 11.1. The molecule has 0 aliphatic carbocycles. The number of aliphatic carboxylic acids is 1. The van der Waals surface area contributed by atoms with E-state index in [2.05, 4.69) is 0 Å². The maximum atomic E-state index is 13.5. The van der Waals surface area contributed by atoms with Crippen molar-refractivity contribution in [2.45, 2.75) is 38.8 Å². The number of carbonyl (C=O) groups is 1. The van der Waals surface area contributed by atoms with Crippen LogP contribution in [-0.4, -0.2) is 46.9 Å². The number of fused-ring (bicyclic) bond motifs is 2. The summed E-state index contributed by atoms with van der Waals surface area (Å²) in [5, 5.41) is 20.4. The first kappa shape index (κ1) is 21.3. The summed E-state index contributed by atoms with van der Waals surface area (Å²) >= 11 is 0. The van der Waals surface area contributed by atoms with E-state index in [9.17, 15) is 19.8 Å². The van der Waals surface area contributed by atoms with Crippen LogP contribution in [0, 0.1) is 6.92 Å². The van der Waals surface area contributed by atoms with Crippen molar-refractivity contribution in [3.05, 3.63) is 51.9 Å². The van der Waals surface area contributed by atoms with Crippen LogP contribution in [0.5, 0.6) is 17.2 Å². The molecule has 0 saturated carbocycles. The number of likely N-dealkylation sites (tertiary alicyclic amines) is 1. The van der Waals surface area contributed by atoms with E-state index in [1.165, 1.54) is 6.07 Å². The van der Waals surface area contributed by atoms with E-state index in [1.807, 2.05) is 6.07 Å². The molecule has 8 nitrogen and oxygen atoms in total. The third-order valence-corrected chi connectivity index (χ3v) is 6.36. The van der Waals surface area contributed by atoms with E-state index in [-0.39, 0.29) is 23.3 Å². The van der Waals surface area contributed by atoms with Crippen LogP contribution in [0.2, 0.25) is 0 Å². The molecule has 0 spiro atoms. The minimum absolute atomic E-state index is 0.0237. The molecule has 0 unspecified atom stereocenters. The van der Waals surface area contributed by atoms with Crippen molar-refractivity contribution >= 4 is 16.9 Å². The zero-order valence-corrected chi connectivity index (χ0v) is 18.3. The Morgan fingerprint density at radius 2 is 1.91 bits per heavy atom. The van der Waals surface area contributed by atoms with Gasteiger partial charge in [0.15, 0.2) is 11.5 Å². The molecule has 33 heavy (non-hydrogen) atoms. The van der Waals surface area contributed by atoms with Gasteiger partial charge in [-0.05, 0) is 56.1 Å². The van der Waals surface area contributed by atoms with E-state index in [4.69, 9.17) is 13.9 Å². The van der Waals surface area contributed by atoms with Crippen molar-refractivity contribution in [3.63, 3.8) is 0 Å². The minimum Gasteiger partial charge on any atom is -0.507 e. The van der Waals surface area contributed by atoms with E-state index in [0.717, 1.165) is 12.8 Å². The van der Waals surface area contributed by atoms with Gasteiger partial charge in [0, 0.05) is 13.0 Å². The Labute approximate surface area is 190 Å². The number of carboxylic acid groups (broad SMARTS) is 1. The van der Waals surface area contributed by atoms with Gasteiger partial charge in [-0.3, -0.25) is 14.5 Å². The zero-order chi connectivity index (χ0) is 23.1. The number of phenols is 1. The van der Waals surface area contributed by atoms with Crippen LogP contribution in [-0.2, 0) is 11.3 Å². The van der Waals surface area contributed by atoms with E-state index >= 15 is 0 Å². The van der Waals surface area contributed by atoms with Crippen LogP contribution in [0.1, 0.15) is 30.6 Å². The van der Waals surface area contributed by atoms with Crippen LogP contribution in [0.4, 0.5) is 0 Å². The Hall–Kier alpha value is -3.52. The lowest BCUT2D eigenvalue weighted by Gasteiger charge is -2.22. The first-order valence-corrected chi connectivity index (χ1v) is 11.1. The average Bonchev–Trinajstić information content (AvgIpc) is 3.13. The molecule has 8 heteroatoms. The first-order chi connectivity index (χ1) is 15.9. The maximum absolute atomic E-state index is 13.5. The molecular formula is C25H25NO7. The second-order valence-electron chi connectivity index (χ2n) is 8.48. The number of ether oxygens (including phenoxy) is 2. The second-order valence-corrected chi connectivity index (χ2v) is 8.48. The average molecular weight is 451 g/mol. The topological polar surface area (TPSA) is 109 Å². The Bertz CT molecular complexity index is 1300. The molecule has 5 rings (SSSR count). The lowest BCUT2D eigenvalue weighted by molar-refractivity contribution is -0.142. The van der Waals surface area contributed by atoms with E-state index in [0.29, 0.717) is 65.5 Å². The SMILES string of the molecule is Cc1oc2c(CN3CCC[C@@H]3C(=O)O)c(O)ccc2c(=O)c1-c1ccc2c(c1)OCCCO2. The normalized spacial score (nSPS) is 18.4. The predicted octanol–water partition coefficient (Wildman–Crippen LogP) is 3.68. The van der Waals surface area contributed by atoms with E-state index in [1.54, 1.807) is 30.0 Å². The fourth-order valence-corrected chi connectivity index (χ4v) is 4.72. The summed E-state index contributed by atoms with van der Waals surface area (Å²) in [6, 6.07) is 7.78. The molecule has 0 radical (unpaired) electrons. The van der Waals surface area contributed by atoms with Gasteiger partial charge in [0.2, 0.25) is 5.43 Å². The molecule has 1 aromatic heterocycles. The van der Waals surface area contributed by atoms with Gasteiger partial charge in [-0.2, -0.15) is 0 Å². The third kappa shape index (κ3) is 3.80. The Kier molecular flexibility index (Phi) is 5.46. The molecule has 1 fully saturated rings. The van der Waals surface area contributed by atoms with E-state index < -0.39 is 12.0 Å². The molecular weight excluding hydrogens is 426 g/mol. The highest BCUT2D eigenvalue weighted by atomic mass is 16.5. The molecule has 0 amide bonds. The standard InChI is InChI=1S/C25H25NO7/c1-14-22(15-5-8-20-21(12-15)32-11-3-10-31-20)23(28)16-6-7-19(27)17(24(16)33-14)13-26-9-2-4-18(26)25(29)30/h5-8,12,18,27H,2-4,9-11,13H2,1H3,(H,29,30)/t18-/m1/s1. The molecule has 1 saturated heterocycles.